The van der Waals surface area contributed by atoms with Gasteiger partial charge in [-0.15, -0.1) is 0 Å². The monoisotopic (exact) mass is 277 g/mol. The lowest BCUT2D eigenvalue weighted by molar-refractivity contribution is 0.198. The Balaban J connectivity index is 2.15. The number of aliphatic hydroxyl groups is 1. The van der Waals surface area contributed by atoms with E-state index in [-0.39, 0.29) is 0 Å². The molecule has 3 heteroatoms. The van der Waals surface area contributed by atoms with Gasteiger partial charge in [-0.1, -0.05) is 18.9 Å². The van der Waals surface area contributed by atoms with Crippen molar-refractivity contribution in [3.8, 4) is 5.75 Å². The van der Waals surface area contributed by atoms with Crippen LogP contribution < -0.4 is 4.74 Å². The van der Waals surface area contributed by atoms with Gasteiger partial charge in [-0.05, 0) is 51.4 Å². The molecular formula is C17H27NO2. The molecule has 0 amide bonds. The van der Waals surface area contributed by atoms with E-state index in [1.807, 2.05) is 19.1 Å². The van der Waals surface area contributed by atoms with E-state index >= 15 is 0 Å². The maximum absolute atomic E-state index is 9.76. The highest BCUT2D eigenvalue weighted by molar-refractivity contribution is 5.38. The summed E-state index contributed by atoms with van der Waals surface area (Å²) in [6, 6.07) is 6.72. The van der Waals surface area contributed by atoms with Gasteiger partial charge in [-0.25, -0.2) is 0 Å². The van der Waals surface area contributed by atoms with Crippen molar-refractivity contribution in [1.82, 2.24) is 4.90 Å². The molecule has 0 radical (unpaired) electrons. The van der Waals surface area contributed by atoms with E-state index in [0.29, 0.717) is 12.6 Å². The minimum absolute atomic E-state index is 0.429. The number of ether oxygens (including phenoxy) is 1. The van der Waals surface area contributed by atoms with Crippen LogP contribution in [0.1, 0.15) is 56.8 Å². The largest absolute Gasteiger partial charge is 0.494 e. The summed E-state index contributed by atoms with van der Waals surface area (Å²) in [4.78, 5) is 2.43. The number of rotatable bonds is 6. The summed E-state index contributed by atoms with van der Waals surface area (Å²) in [5, 5.41) is 9.76. The molecule has 0 heterocycles. The molecule has 2 rings (SSSR count). The topological polar surface area (TPSA) is 32.7 Å². The zero-order valence-corrected chi connectivity index (χ0v) is 12.9. The summed E-state index contributed by atoms with van der Waals surface area (Å²) >= 11 is 0. The third-order valence-electron chi connectivity index (χ3n) is 4.23. The molecule has 1 atom stereocenters. The fraction of sp³-hybridized carbons (Fsp3) is 0.647. The predicted octanol–water partition coefficient (Wildman–Crippen LogP) is 3.51. The smallest absolute Gasteiger partial charge is 0.123 e. The first kappa shape index (κ1) is 15.3. The average Bonchev–Trinajstić information content (AvgIpc) is 2.94. The van der Waals surface area contributed by atoms with Crippen molar-refractivity contribution in [3.63, 3.8) is 0 Å². The Bertz CT molecular complexity index is 425. The zero-order valence-electron chi connectivity index (χ0n) is 12.9. The highest BCUT2D eigenvalue weighted by Gasteiger charge is 2.20. The van der Waals surface area contributed by atoms with E-state index in [9.17, 15) is 5.11 Å². The van der Waals surface area contributed by atoms with Crippen molar-refractivity contribution in [3.05, 3.63) is 29.3 Å². The zero-order chi connectivity index (χ0) is 14.5. The van der Waals surface area contributed by atoms with Crippen molar-refractivity contribution in [2.45, 2.75) is 58.2 Å². The lowest BCUT2D eigenvalue weighted by Gasteiger charge is -2.25. The van der Waals surface area contributed by atoms with Crippen LogP contribution in [0.25, 0.3) is 0 Å². The molecule has 112 valence electrons. The fourth-order valence-electron chi connectivity index (χ4n) is 3.02. The first-order valence-corrected chi connectivity index (χ1v) is 7.75. The van der Waals surface area contributed by atoms with E-state index in [1.54, 1.807) is 6.92 Å². The van der Waals surface area contributed by atoms with Gasteiger partial charge in [0.05, 0.1) is 12.7 Å². The molecule has 1 aromatic carbocycles. The van der Waals surface area contributed by atoms with Gasteiger partial charge in [0, 0.05) is 18.2 Å². The van der Waals surface area contributed by atoms with Crippen LogP contribution in [-0.2, 0) is 6.54 Å². The maximum Gasteiger partial charge on any atom is 0.123 e. The molecule has 20 heavy (non-hydrogen) atoms. The van der Waals surface area contributed by atoms with E-state index in [1.165, 1.54) is 31.2 Å². The third-order valence-corrected chi connectivity index (χ3v) is 4.23. The maximum atomic E-state index is 9.76. The molecule has 1 aliphatic rings. The van der Waals surface area contributed by atoms with Crippen LogP contribution in [0.2, 0.25) is 0 Å². The van der Waals surface area contributed by atoms with E-state index < -0.39 is 6.10 Å². The summed E-state index contributed by atoms with van der Waals surface area (Å²) in [6.45, 7) is 5.38. The van der Waals surface area contributed by atoms with E-state index in [2.05, 4.69) is 18.0 Å². The summed E-state index contributed by atoms with van der Waals surface area (Å²) in [6.07, 6.45) is 4.87. The second-order valence-electron chi connectivity index (χ2n) is 5.83. The average molecular weight is 277 g/mol. The van der Waals surface area contributed by atoms with Crippen LogP contribution in [0.3, 0.4) is 0 Å². The van der Waals surface area contributed by atoms with Crippen LogP contribution in [-0.4, -0.2) is 29.7 Å². The lowest BCUT2D eigenvalue weighted by Crippen LogP contribution is -2.28. The normalized spacial score (nSPS) is 17.6. The van der Waals surface area contributed by atoms with Crippen molar-refractivity contribution < 1.29 is 9.84 Å². The van der Waals surface area contributed by atoms with Gasteiger partial charge in [-0.2, -0.15) is 0 Å². The number of nitrogens with zero attached hydrogens (tertiary/aromatic N) is 1. The molecule has 0 aliphatic heterocycles. The summed E-state index contributed by atoms with van der Waals surface area (Å²) in [7, 11) is 2.20. The van der Waals surface area contributed by atoms with Gasteiger partial charge in [0.1, 0.15) is 5.75 Å². The summed E-state index contributed by atoms with van der Waals surface area (Å²) in [5.74, 6) is 0.946. The Morgan fingerprint density at radius 2 is 2.05 bits per heavy atom. The minimum atomic E-state index is -0.429. The molecule has 1 aliphatic carbocycles. The molecule has 0 aromatic heterocycles. The van der Waals surface area contributed by atoms with Crippen LogP contribution in [0.5, 0.6) is 5.75 Å². The molecule has 3 nitrogen and oxygen atoms in total. The number of aliphatic hydroxyl groups excluding tert-OH is 1. The standard InChI is InChI=1S/C17H27NO2/c1-4-20-17-10-9-14(13(2)19)11-15(17)12-18(3)16-7-5-6-8-16/h9-11,13,16,19H,4-8,12H2,1-3H3. The molecule has 0 bridgehead atoms. The molecular weight excluding hydrogens is 250 g/mol. The Labute approximate surface area is 122 Å². The van der Waals surface area contributed by atoms with Crippen molar-refractivity contribution in [2.75, 3.05) is 13.7 Å². The number of hydrogen-bond acceptors (Lipinski definition) is 3. The second-order valence-corrected chi connectivity index (χ2v) is 5.83. The van der Waals surface area contributed by atoms with Gasteiger partial charge in [0.2, 0.25) is 0 Å². The van der Waals surface area contributed by atoms with Crippen molar-refractivity contribution in [2.24, 2.45) is 0 Å². The Morgan fingerprint density at radius 3 is 2.65 bits per heavy atom. The van der Waals surface area contributed by atoms with Crippen LogP contribution >= 0.6 is 0 Å². The van der Waals surface area contributed by atoms with E-state index in [4.69, 9.17) is 4.74 Å². The van der Waals surface area contributed by atoms with Gasteiger partial charge in [0.15, 0.2) is 0 Å². The Hall–Kier alpha value is -1.06. The van der Waals surface area contributed by atoms with Crippen LogP contribution in [0.4, 0.5) is 0 Å². The van der Waals surface area contributed by atoms with Crippen LogP contribution in [0.15, 0.2) is 18.2 Å². The van der Waals surface area contributed by atoms with Gasteiger partial charge in [0.25, 0.3) is 0 Å². The van der Waals surface area contributed by atoms with Gasteiger partial charge in [-0.3, -0.25) is 4.90 Å². The molecule has 0 saturated heterocycles. The second kappa shape index (κ2) is 7.09. The van der Waals surface area contributed by atoms with Gasteiger partial charge >= 0.3 is 0 Å². The molecule has 1 aromatic rings. The van der Waals surface area contributed by atoms with Crippen molar-refractivity contribution >= 4 is 0 Å². The predicted molar refractivity (Wildman–Crippen MR) is 82.0 cm³/mol. The molecule has 1 saturated carbocycles. The molecule has 1 unspecified atom stereocenters. The minimum Gasteiger partial charge on any atom is -0.494 e. The SMILES string of the molecule is CCOc1ccc(C(C)O)cc1CN(C)C1CCCC1. The first-order valence-electron chi connectivity index (χ1n) is 7.75. The molecule has 1 fully saturated rings. The Kier molecular flexibility index (Phi) is 5.44. The molecule has 1 N–H and O–H groups in total. The van der Waals surface area contributed by atoms with Crippen molar-refractivity contribution in [1.29, 1.82) is 0 Å². The summed E-state index contributed by atoms with van der Waals surface area (Å²) in [5.41, 5.74) is 2.14. The number of benzene rings is 1. The van der Waals surface area contributed by atoms with Gasteiger partial charge < -0.3 is 9.84 Å². The Morgan fingerprint density at radius 1 is 1.35 bits per heavy atom. The third kappa shape index (κ3) is 3.74. The quantitative estimate of drug-likeness (QED) is 0.863. The highest BCUT2D eigenvalue weighted by atomic mass is 16.5. The first-order chi connectivity index (χ1) is 9.61. The fourth-order valence-corrected chi connectivity index (χ4v) is 3.02. The highest BCUT2D eigenvalue weighted by Crippen LogP contribution is 2.28. The van der Waals surface area contributed by atoms with Crippen LogP contribution in [0, 0.1) is 0 Å². The molecule has 0 spiro atoms. The lowest BCUT2D eigenvalue weighted by atomic mass is 10.0. The summed E-state index contributed by atoms with van der Waals surface area (Å²) < 4.78 is 5.73. The van der Waals surface area contributed by atoms with E-state index in [0.717, 1.165) is 17.9 Å². The number of hydrogen-bond donors (Lipinski definition) is 1.